The minimum atomic E-state index is 0.150. The first-order valence-corrected chi connectivity index (χ1v) is 4.81. The van der Waals surface area contributed by atoms with Crippen molar-refractivity contribution < 1.29 is 4.79 Å². The van der Waals surface area contributed by atoms with Crippen LogP contribution in [0.2, 0.25) is 0 Å². The molecule has 0 saturated heterocycles. The van der Waals surface area contributed by atoms with Crippen LogP contribution in [0, 0.1) is 0 Å². The lowest BCUT2D eigenvalue weighted by molar-refractivity contribution is -0.116. The van der Waals surface area contributed by atoms with Crippen molar-refractivity contribution in [2.24, 2.45) is 0 Å². The Kier molecular flexibility index (Phi) is 3.35. The average molecular weight is 245 g/mol. The molecular formula is C9H9BrOS. The van der Waals surface area contributed by atoms with E-state index in [0.29, 0.717) is 6.42 Å². The first-order chi connectivity index (χ1) is 5.61. The van der Waals surface area contributed by atoms with Crippen molar-refractivity contribution >= 4 is 34.3 Å². The first kappa shape index (κ1) is 9.81. The van der Waals surface area contributed by atoms with Gasteiger partial charge in [-0.15, -0.1) is 12.6 Å². The molecule has 12 heavy (non-hydrogen) atoms. The molecule has 64 valence electrons. The molecule has 1 nitrogen and oxygen atoms in total. The van der Waals surface area contributed by atoms with Gasteiger partial charge in [-0.05, 0) is 24.6 Å². The molecule has 0 aromatic heterocycles. The third kappa shape index (κ3) is 2.35. The maximum Gasteiger partial charge on any atom is 0.134 e. The second-order valence-electron chi connectivity index (χ2n) is 2.62. The summed E-state index contributed by atoms with van der Waals surface area (Å²) in [4.78, 5) is 11.7. The molecule has 0 aliphatic rings. The van der Waals surface area contributed by atoms with Gasteiger partial charge in [0.15, 0.2) is 0 Å². The normalized spacial score (nSPS) is 9.92. The highest BCUT2D eigenvalue weighted by Gasteiger charge is 2.05. The van der Waals surface area contributed by atoms with Crippen molar-refractivity contribution in [2.45, 2.75) is 18.2 Å². The number of rotatable bonds is 2. The van der Waals surface area contributed by atoms with Gasteiger partial charge in [0.2, 0.25) is 0 Å². The predicted octanol–water partition coefficient (Wildman–Crippen LogP) is 2.87. The lowest BCUT2D eigenvalue weighted by atomic mass is 10.1. The third-order valence-electron chi connectivity index (χ3n) is 1.52. The second-order valence-corrected chi connectivity index (χ2v) is 3.95. The van der Waals surface area contributed by atoms with Gasteiger partial charge in [0.1, 0.15) is 5.78 Å². The summed E-state index contributed by atoms with van der Waals surface area (Å²) in [6.07, 6.45) is 0.445. The minimum absolute atomic E-state index is 0.150. The molecule has 0 bridgehead atoms. The Labute approximate surface area is 85.7 Å². The van der Waals surface area contributed by atoms with E-state index in [4.69, 9.17) is 0 Å². The number of carbonyl (C=O) groups is 1. The number of benzene rings is 1. The summed E-state index contributed by atoms with van der Waals surface area (Å²) in [5.74, 6) is 0.150. The third-order valence-corrected chi connectivity index (χ3v) is 2.68. The smallest absolute Gasteiger partial charge is 0.134 e. The van der Waals surface area contributed by atoms with Crippen LogP contribution in [0.5, 0.6) is 0 Å². The van der Waals surface area contributed by atoms with E-state index in [1.54, 1.807) is 6.92 Å². The molecule has 1 rings (SSSR count). The highest BCUT2D eigenvalue weighted by molar-refractivity contribution is 9.10. The van der Waals surface area contributed by atoms with Crippen molar-refractivity contribution in [3.63, 3.8) is 0 Å². The minimum Gasteiger partial charge on any atom is -0.300 e. The van der Waals surface area contributed by atoms with Gasteiger partial charge in [-0.3, -0.25) is 4.79 Å². The van der Waals surface area contributed by atoms with Gasteiger partial charge in [-0.2, -0.15) is 0 Å². The number of ketones is 1. The van der Waals surface area contributed by atoms with Gasteiger partial charge >= 0.3 is 0 Å². The van der Waals surface area contributed by atoms with Crippen molar-refractivity contribution in [2.75, 3.05) is 0 Å². The van der Waals surface area contributed by atoms with Crippen LogP contribution < -0.4 is 0 Å². The van der Waals surface area contributed by atoms with E-state index in [0.717, 1.165) is 14.9 Å². The molecule has 0 N–H and O–H groups in total. The SMILES string of the molecule is CC(=O)Cc1c(S)cccc1Br. The zero-order valence-electron chi connectivity index (χ0n) is 6.67. The molecule has 3 heteroatoms. The summed E-state index contributed by atoms with van der Waals surface area (Å²) < 4.78 is 0.949. The van der Waals surface area contributed by atoms with Crippen LogP contribution in [0.15, 0.2) is 27.6 Å². The zero-order chi connectivity index (χ0) is 9.14. The van der Waals surface area contributed by atoms with Crippen LogP contribution in [-0.4, -0.2) is 5.78 Å². The Morgan fingerprint density at radius 2 is 2.25 bits per heavy atom. The molecule has 0 saturated carbocycles. The lowest BCUT2D eigenvalue weighted by Gasteiger charge is -2.04. The number of Topliss-reactive ketones (excluding diaryl/α,β-unsaturated/α-hetero) is 1. The Bertz CT molecular complexity index is 289. The monoisotopic (exact) mass is 244 g/mol. The Morgan fingerprint density at radius 1 is 1.58 bits per heavy atom. The van der Waals surface area contributed by atoms with E-state index in [1.807, 2.05) is 18.2 Å². The highest BCUT2D eigenvalue weighted by Crippen LogP contribution is 2.23. The van der Waals surface area contributed by atoms with Crippen LogP contribution in [0.1, 0.15) is 12.5 Å². The fourth-order valence-electron chi connectivity index (χ4n) is 0.971. The van der Waals surface area contributed by atoms with Gasteiger partial charge in [0.25, 0.3) is 0 Å². The molecule has 0 radical (unpaired) electrons. The van der Waals surface area contributed by atoms with Crippen LogP contribution in [0.3, 0.4) is 0 Å². The van der Waals surface area contributed by atoms with E-state index >= 15 is 0 Å². The molecule has 1 aromatic rings. The number of carbonyl (C=O) groups excluding carboxylic acids is 1. The summed E-state index contributed by atoms with van der Waals surface area (Å²) >= 11 is 7.63. The molecular weight excluding hydrogens is 236 g/mol. The van der Waals surface area contributed by atoms with Crippen LogP contribution in [0.4, 0.5) is 0 Å². The molecule has 0 aliphatic carbocycles. The Balaban J connectivity index is 3.04. The largest absolute Gasteiger partial charge is 0.300 e. The van der Waals surface area contributed by atoms with Crippen molar-refractivity contribution in [1.82, 2.24) is 0 Å². The van der Waals surface area contributed by atoms with E-state index in [9.17, 15) is 4.79 Å². The van der Waals surface area contributed by atoms with Crippen LogP contribution in [0.25, 0.3) is 0 Å². The first-order valence-electron chi connectivity index (χ1n) is 3.57. The molecule has 0 fully saturated rings. The van der Waals surface area contributed by atoms with Crippen LogP contribution in [-0.2, 0) is 11.2 Å². The predicted molar refractivity (Wildman–Crippen MR) is 55.8 cm³/mol. The van der Waals surface area contributed by atoms with E-state index < -0.39 is 0 Å². The summed E-state index contributed by atoms with van der Waals surface area (Å²) in [6, 6.07) is 5.69. The average Bonchev–Trinajstić information content (AvgIpc) is 1.97. The molecule has 0 unspecified atom stereocenters. The van der Waals surface area contributed by atoms with Crippen molar-refractivity contribution in [3.8, 4) is 0 Å². The van der Waals surface area contributed by atoms with Gasteiger partial charge in [-0.1, -0.05) is 22.0 Å². The quantitative estimate of drug-likeness (QED) is 0.793. The molecule has 0 atom stereocenters. The summed E-state index contributed by atoms with van der Waals surface area (Å²) in [6.45, 7) is 1.58. The van der Waals surface area contributed by atoms with Crippen LogP contribution >= 0.6 is 28.6 Å². The van der Waals surface area contributed by atoms with E-state index in [1.165, 1.54) is 0 Å². The number of thiol groups is 1. The summed E-state index contributed by atoms with van der Waals surface area (Å²) in [7, 11) is 0. The Hall–Kier alpha value is -0.280. The van der Waals surface area contributed by atoms with Gasteiger partial charge < -0.3 is 0 Å². The highest BCUT2D eigenvalue weighted by atomic mass is 79.9. The van der Waals surface area contributed by atoms with Gasteiger partial charge in [0.05, 0.1) is 0 Å². The van der Waals surface area contributed by atoms with E-state index in [2.05, 4.69) is 28.6 Å². The molecule has 0 aliphatic heterocycles. The molecule has 0 heterocycles. The van der Waals surface area contributed by atoms with Crippen molar-refractivity contribution in [1.29, 1.82) is 0 Å². The van der Waals surface area contributed by atoms with Gasteiger partial charge in [-0.25, -0.2) is 0 Å². The summed E-state index contributed by atoms with van der Waals surface area (Å²) in [5, 5.41) is 0. The maximum absolute atomic E-state index is 10.9. The molecule has 0 spiro atoms. The number of halogens is 1. The molecule has 1 aromatic carbocycles. The second kappa shape index (κ2) is 4.10. The fraction of sp³-hybridized carbons (Fsp3) is 0.222. The summed E-state index contributed by atoms with van der Waals surface area (Å²) in [5.41, 5.74) is 0.966. The number of hydrogen-bond donors (Lipinski definition) is 1. The number of hydrogen-bond acceptors (Lipinski definition) is 2. The van der Waals surface area contributed by atoms with Gasteiger partial charge in [0, 0.05) is 15.8 Å². The molecule has 0 amide bonds. The fourth-order valence-corrected chi connectivity index (χ4v) is 1.92. The topological polar surface area (TPSA) is 17.1 Å². The Morgan fingerprint density at radius 3 is 2.75 bits per heavy atom. The lowest BCUT2D eigenvalue weighted by Crippen LogP contribution is -1.98. The maximum atomic E-state index is 10.9. The standard InChI is InChI=1S/C9H9BrOS/c1-6(11)5-7-8(10)3-2-4-9(7)12/h2-4,12H,5H2,1H3. The zero-order valence-corrected chi connectivity index (χ0v) is 9.15. The van der Waals surface area contributed by atoms with Crippen molar-refractivity contribution in [3.05, 3.63) is 28.2 Å². The van der Waals surface area contributed by atoms with E-state index in [-0.39, 0.29) is 5.78 Å².